The monoisotopic (exact) mass is 239 g/mol. The zero-order valence-corrected chi connectivity index (χ0v) is 9.74. The summed E-state index contributed by atoms with van der Waals surface area (Å²) < 4.78 is 14.4. The molecule has 5 heteroatoms. The Labute approximate surface area is 97.9 Å². The van der Waals surface area contributed by atoms with Gasteiger partial charge in [-0.25, -0.2) is 14.1 Å². The maximum Gasteiger partial charge on any atom is 0.243 e. The van der Waals surface area contributed by atoms with Crippen molar-refractivity contribution in [1.82, 2.24) is 14.8 Å². The molecule has 0 atom stereocenters. The predicted molar refractivity (Wildman–Crippen MR) is 60.4 cm³/mol. The van der Waals surface area contributed by atoms with E-state index >= 15 is 0 Å². The van der Waals surface area contributed by atoms with Crippen molar-refractivity contribution in [3.05, 3.63) is 41.2 Å². The molecule has 3 nitrogen and oxygen atoms in total. The summed E-state index contributed by atoms with van der Waals surface area (Å²) in [7, 11) is 0. The molecule has 1 aromatic carbocycles. The minimum Gasteiger partial charge on any atom is -0.216 e. The van der Waals surface area contributed by atoms with Crippen molar-refractivity contribution in [2.24, 2.45) is 0 Å². The Balaban J connectivity index is 2.50. The molecule has 2 rings (SSSR count). The van der Waals surface area contributed by atoms with Crippen LogP contribution in [0.15, 0.2) is 24.3 Å². The second kappa shape index (κ2) is 4.22. The second-order valence-electron chi connectivity index (χ2n) is 3.78. The van der Waals surface area contributed by atoms with Gasteiger partial charge in [-0.3, -0.25) is 0 Å². The Morgan fingerprint density at radius 3 is 2.44 bits per heavy atom. The molecule has 0 aliphatic heterocycles. The molecule has 0 radical (unpaired) electrons. The Morgan fingerprint density at radius 1 is 1.25 bits per heavy atom. The molecule has 0 saturated heterocycles. The average molecular weight is 240 g/mol. The lowest BCUT2D eigenvalue weighted by Gasteiger charge is -2.07. The van der Waals surface area contributed by atoms with Crippen LogP contribution in [0.1, 0.15) is 25.6 Å². The molecule has 0 unspecified atom stereocenters. The maximum atomic E-state index is 12.8. The van der Waals surface area contributed by atoms with Crippen molar-refractivity contribution in [2.75, 3.05) is 0 Å². The van der Waals surface area contributed by atoms with Gasteiger partial charge in [0.25, 0.3) is 0 Å². The zero-order chi connectivity index (χ0) is 11.7. The van der Waals surface area contributed by atoms with Crippen LogP contribution in [-0.4, -0.2) is 14.8 Å². The van der Waals surface area contributed by atoms with E-state index in [2.05, 4.69) is 10.1 Å². The van der Waals surface area contributed by atoms with Gasteiger partial charge in [0.2, 0.25) is 5.28 Å². The molecule has 0 bridgehead atoms. The Morgan fingerprint density at radius 2 is 1.88 bits per heavy atom. The van der Waals surface area contributed by atoms with Crippen molar-refractivity contribution in [3.8, 4) is 5.69 Å². The van der Waals surface area contributed by atoms with Crippen molar-refractivity contribution in [2.45, 2.75) is 19.8 Å². The number of benzene rings is 1. The Bertz CT molecular complexity index is 490. The van der Waals surface area contributed by atoms with Crippen LogP contribution in [0.5, 0.6) is 0 Å². The van der Waals surface area contributed by atoms with E-state index in [1.165, 1.54) is 12.1 Å². The van der Waals surface area contributed by atoms with Gasteiger partial charge in [0.05, 0.1) is 5.69 Å². The van der Waals surface area contributed by atoms with E-state index in [-0.39, 0.29) is 17.0 Å². The van der Waals surface area contributed by atoms with Crippen LogP contribution < -0.4 is 0 Å². The van der Waals surface area contributed by atoms with Crippen molar-refractivity contribution in [1.29, 1.82) is 0 Å². The fourth-order valence-electron chi connectivity index (χ4n) is 1.44. The summed E-state index contributed by atoms with van der Waals surface area (Å²) in [5.74, 6) is 0.683. The number of nitrogens with zero attached hydrogens (tertiary/aromatic N) is 3. The molecule has 0 amide bonds. The lowest BCUT2D eigenvalue weighted by Crippen LogP contribution is -2.04. The van der Waals surface area contributed by atoms with Gasteiger partial charge < -0.3 is 0 Å². The smallest absolute Gasteiger partial charge is 0.216 e. The molecule has 0 spiro atoms. The fourth-order valence-corrected chi connectivity index (χ4v) is 1.61. The fraction of sp³-hybridized carbons (Fsp3) is 0.273. The highest BCUT2D eigenvalue weighted by Gasteiger charge is 2.13. The zero-order valence-electron chi connectivity index (χ0n) is 8.98. The topological polar surface area (TPSA) is 30.7 Å². The minimum absolute atomic E-state index is 0.199. The third-order valence-corrected chi connectivity index (χ3v) is 2.35. The third kappa shape index (κ3) is 2.07. The SMILES string of the molecule is CC(C)c1nc(Cl)nn1-c1ccc(F)cc1. The molecule has 0 aliphatic rings. The standard InChI is InChI=1S/C11H11ClFN3/c1-7(2)10-14-11(12)15-16(10)9-5-3-8(13)4-6-9/h3-7H,1-2H3. The van der Waals surface area contributed by atoms with Gasteiger partial charge in [-0.1, -0.05) is 13.8 Å². The molecule has 16 heavy (non-hydrogen) atoms. The molecule has 1 heterocycles. The third-order valence-electron chi connectivity index (χ3n) is 2.19. The van der Waals surface area contributed by atoms with E-state index in [0.717, 1.165) is 11.5 Å². The van der Waals surface area contributed by atoms with Gasteiger partial charge in [-0.15, -0.1) is 5.10 Å². The van der Waals surface area contributed by atoms with Crippen LogP contribution in [0.2, 0.25) is 5.28 Å². The van der Waals surface area contributed by atoms with Gasteiger partial charge in [0, 0.05) is 5.92 Å². The van der Waals surface area contributed by atoms with E-state index in [4.69, 9.17) is 11.6 Å². The second-order valence-corrected chi connectivity index (χ2v) is 4.12. The van der Waals surface area contributed by atoms with Gasteiger partial charge in [0.15, 0.2) is 0 Å². The molecule has 0 aliphatic carbocycles. The molecule has 2 aromatic rings. The minimum atomic E-state index is -0.277. The number of aromatic nitrogens is 3. The van der Waals surface area contributed by atoms with Crippen molar-refractivity contribution >= 4 is 11.6 Å². The predicted octanol–water partition coefficient (Wildman–Crippen LogP) is 3.18. The van der Waals surface area contributed by atoms with Crippen LogP contribution in [0.25, 0.3) is 5.69 Å². The van der Waals surface area contributed by atoms with E-state index in [9.17, 15) is 4.39 Å². The van der Waals surface area contributed by atoms with Gasteiger partial charge in [0.1, 0.15) is 11.6 Å². The Hall–Kier alpha value is -1.42. The highest BCUT2D eigenvalue weighted by Crippen LogP contribution is 2.19. The molecular weight excluding hydrogens is 229 g/mol. The molecule has 0 saturated carbocycles. The van der Waals surface area contributed by atoms with E-state index in [1.807, 2.05) is 13.8 Å². The molecule has 0 N–H and O–H groups in total. The largest absolute Gasteiger partial charge is 0.243 e. The summed E-state index contributed by atoms with van der Waals surface area (Å²) >= 11 is 5.77. The normalized spacial score (nSPS) is 11.1. The van der Waals surface area contributed by atoms with E-state index in [0.29, 0.717) is 0 Å². The lowest BCUT2D eigenvalue weighted by atomic mass is 10.2. The van der Waals surface area contributed by atoms with Crippen LogP contribution in [0.4, 0.5) is 4.39 Å². The maximum absolute atomic E-state index is 12.8. The summed E-state index contributed by atoms with van der Waals surface area (Å²) in [4.78, 5) is 4.13. The lowest BCUT2D eigenvalue weighted by molar-refractivity contribution is 0.626. The molecule has 0 fully saturated rings. The van der Waals surface area contributed by atoms with Crippen molar-refractivity contribution < 1.29 is 4.39 Å². The summed E-state index contributed by atoms with van der Waals surface area (Å²) in [6.45, 7) is 4.00. The highest BCUT2D eigenvalue weighted by atomic mass is 35.5. The number of hydrogen-bond donors (Lipinski definition) is 0. The first kappa shape index (κ1) is 11.1. The number of halogens is 2. The van der Waals surface area contributed by atoms with E-state index in [1.54, 1.807) is 16.8 Å². The first-order valence-corrected chi connectivity index (χ1v) is 5.34. The van der Waals surface area contributed by atoms with Gasteiger partial charge in [-0.05, 0) is 35.9 Å². The average Bonchev–Trinajstić information content (AvgIpc) is 2.61. The molecule has 84 valence electrons. The summed E-state index contributed by atoms with van der Waals surface area (Å²) in [5.41, 5.74) is 0.754. The highest BCUT2D eigenvalue weighted by molar-refractivity contribution is 6.28. The quantitative estimate of drug-likeness (QED) is 0.806. The number of rotatable bonds is 2. The Kier molecular flexibility index (Phi) is 2.92. The summed E-state index contributed by atoms with van der Waals surface area (Å²) in [6.07, 6.45) is 0. The first-order valence-electron chi connectivity index (χ1n) is 4.96. The van der Waals surface area contributed by atoms with Crippen LogP contribution in [0.3, 0.4) is 0 Å². The molecular formula is C11H11ClFN3. The summed E-state index contributed by atoms with van der Waals surface area (Å²) in [6, 6.07) is 6.06. The van der Waals surface area contributed by atoms with Gasteiger partial charge >= 0.3 is 0 Å². The summed E-state index contributed by atoms with van der Waals surface area (Å²) in [5, 5.41) is 4.28. The van der Waals surface area contributed by atoms with E-state index < -0.39 is 0 Å². The van der Waals surface area contributed by atoms with Gasteiger partial charge in [-0.2, -0.15) is 0 Å². The van der Waals surface area contributed by atoms with Crippen LogP contribution in [-0.2, 0) is 0 Å². The van der Waals surface area contributed by atoms with Crippen molar-refractivity contribution in [3.63, 3.8) is 0 Å². The van der Waals surface area contributed by atoms with Crippen LogP contribution in [0, 0.1) is 5.82 Å². The van der Waals surface area contributed by atoms with Crippen LogP contribution >= 0.6 is 11.6 Å². The number of hydrogen-bond acceptors (Lipinski definition) is 2. The first-order chi connectivity index (χ1) is 7.58. The molecule has 1 aromatic heterocycles.